The first-order chi connectivity index (χ1) is 22.2. The fourth-order valence-corrected chi connectivity index (χ4v) is 7.76. The molecule has 4 heterocycles. The number of rotatable bonds is 4. The number of hydrogen-bond donors (Lipinski definition) is 0. The average molecular weight is 619 g/mol. The summed E-state index contributed by atoms with van der Waals surface area (Å²) in [4.78, 5) is 59.6. The highest BCUT2D eigenvalue weighted by molar-refractivity contribution is 6.26. The monoisotopic (exact) mass is 618 g/mol. The Morgan fingerprint density at radius 2 is 0.848 bits per heavy atom. The van der Waals surface area contributed by atoms with Crippen molar-refractivity contribution in [3.63, 3.8) is 0 Å². The normalized spacial score (nSPS) is 27.5. The third-order valence-corrected chi connectivity index (χ3v) is 9.70. The molecule has 4 aromatic carbocycles. The molecule has 230 valence electrons. The van der Waals surface area contributed by atoms with E-state index in [-0.39, 0.29) is 11.4 Å². The van der Waals surface area contributed by atoms with Crippen molar-refractivity contribution in [1.29, 1.82) is 0 Å². The first-order valence-corrected chi connectivity index (χ1v) is 15.1. The molecule has 4 aliphatic heterocycles. The second-order valence-electron chi connectivity index (χ2n) is 12.4. The van der Waals surface area contributed by atoms with Crippen LogP contribution in [0.2, 0.25) is 0 Å². The van der Waals surface area contributed by atoms with Crippen molar-refractivity contribution in [3.05, 3.63) is 131 Å². The highest BCUT2D eigenvalue weighted by atomic mass is 19.1. The van der Waals surface area contributed by atoms with Gasteiger partial charge < -0.3 is 0 Å². The zero-order valence-electron chi connectivity index (χ0n) is 24.9. The molecule has 46 heavy (non-hydrogen) atoms. The fourth-order valence-electron chi connectivity index (χ4n) is 7.76. The lowest BCUT2D eigenvalue weighted by atomic mass is 9.84. The van der Waals surface area contributed by atoms with E-state index in [1.807, 2.05) is 62.4 Å². The standard InChI is InChI=1S/C36H28F2N4O4/c1-19-9-13-21(14-10-19)29-27-31(35(45)39(33(27)43)25-7-3-5-23(37)17-25)42-30(22-15-11-20(2)12-16-22)28-32(41(29)42)36(46)40(34(28)44)26-8-4-6-24(38)18-26/h3-18,27-32H,1-2H3/t27-,28+,29-,30-,31+,32-/m1/s1. The number of carbonyl (C=O) groups excluding carboxylic acids is 4. The molecule has 4 fully saturated rings. The lowest BCUT2D eigenvalue weighted by Gasteiger charge is -2.35. The fraction of sp³-hybridized carbons (Fsp3) is 0.222. The maximum atomic E-state index is 14.4. The lowest BCUT2D eigenvalue weighted by Crippen LogP contribution is -2.50. The number of aryl methyl sites for hydroxylation is 2. The van der Waals surface area contributed by atoms with E-state index in [1.54, 1.807) is 10.0 Å². The van der Waals surface area contributed by atoms with Gasteiger partial charge in [-0.25, -0.2) is 28.6 Å². The van der Waals surface area contributed by atoms with Crippen LogP contribution in [0.25, 0.3) is 0 Å². The number of hydrogen-bond acceptors (Lipinski definition) is 6. The number of halogens is 2. The van der Waals surface area contributed by atoms with Crippen LogP contribution in [0.5, 0.6) is 0 Å². The lowest BCUT2D eigenvalue weighted by molar-refractivity contribution is -0.136. The van der Waals surface area contributed by atoms with Crippen molar-refractivity contribution in [2.45, 2.75) is 38.0 Å². The van der Waals surface area contributed by atoms with Gasteiger partial charge in [-0.05, 0) is 61.4 Å². The molecule has 0 aliphatic carbocycles. The Balaban J connectivity index is 1.33. The molecule has 8 rings (SSSR count). The molecule has 8 nitrogen and oxygen atoms in total. The molecule has 0 bridgehead atoms. The number of benzene rings is 4. The highest BCUT2D eigenvalue weighted by Gasteiger charge is 2.73. The first kappa shape index (κ1) is 28.4. The zero-order valence-corrected chi connectivity index (χ0v) is 24.9. The number of anilines is 2. The minimum absolute atomic E-state index is 0.120. The molecule has 0 radical (unpaired) electrons. The van der Waals surface area contributed by atoms with Gasteiger partial charge in [0.15, 0.2) is 0 Å². The number of amides is 4. The Morgan fingerprint density at radius 3 is 1.20 bits per heavy atom. The van der Waals surface area contributed by atoms with Crippen LogP contribution in [0.15, 0.2) is 97.1 Å². The summed E-state index contributed by atoms with van der Waals surface area (Å²) in [6.07, 6.45) is 0. The smallest absolute Gasteiger partial charge is 0.253 e. The van der Waals surface area contributed by atoms with Crippen LogP contribution in [0, 0.1) is 37.3 Å². The van der Waals surface area contributed by atoms with Gasteiger partial charge in [0.05, 0.1) is 35.3 Å². The number of fused-ring (bicyclic) bond motifs is 5. The Kier molecular flexibility index (Phi) is 6.32. The third-order valence-electron chi connectivity index (χ3n) is 9.70. The molecule has 10 heteroatoms. The number of hydrazine groups is 1. The van der Waals surface area contributed by atoms with Crippen LogP contribution >= 0.6 is 0 Å². The number of nitrogens with zero attached hydrogens (tertiary/aromatic N) is 4. The van der Waals surface area contributed by atoms with Gasteiger partial charge in [0.1, 0.15) is 23.7 Å². The van der Waals surface area contributed by atoms with E-state index in [0.717, 1.165) is 33.1 Å². The predicted molar refractivity (Wildman–Crippen MR) is 164 cm³/mol. The summed E-state index contributed by atoms with van der Waals surface area (Å²) < 4.78 is 28.7. The van der Waals surface area contributed by atoms with Crippen molar-refractivity contribution in [2.75, 3.05) is 9.80 Å². The summed E-state index contributed by atoms with van der Waals surface area (Å²) in [5.74, 6) is -5.24. The van der Waals surface area contributed by atoms with Gasteiger partial charge in [-0.3, -0.25) is 19.2 Å². The van der Waals surface area contributed by atoms with Gasteiger partial charge in [-0.2, -0.15) is 0 Å². The van der Waals surface area contributed by atoms with Gasteiger partial charge in [-0.15, -0.1) is 0 Å². The van der Waals surface area contributed by atoms with Crippen LogP contribution in [0.3, 0.4) is 0 Å². The van der Waals surface area contributed by atoms with E-state index >= 15 is 0 Å². The maximum absolute atomic E-state index is 14.4. The molecule has 0 unspecified atom stereocenters. The first-order valence-electron chi connectivity index (χ1n) is 15.1. The summed E-state index contributed by atoms with van der Waals surface area (Å²) in [5, 5.41) is 3.51. The molecule has 0 aromatic heterocycles. The average Bonchev–Trinajstić information content (AvgIpc) is 3.69. The summed E-state index contributed by atoms with van der Waals surface area (Å²) in [6, 6.07) is 22.0. The second kappa shape index (κ2) is 10.2. The van der Waals surface area contributed by atoms with Crippen molar-refractivity contribution < 1.29 is 28.0 Å². The Bertz CT molecular complexity index is 1810. The molecule has 4 amide bonds. The summed E-state index contributed by atoms with van der Waals surface area (Å²) in [7, 11) is 0. The molecular formula is C36H28F2N4O4. The molecule has 0 N–H and O–H groups in total. The van der Waals surface area contributed by atoms with Crippen molar-refractivity contribution in [3.8, 4) is 0 Å². The Labute approximate surface area is 263 Å². The minimum Gasteiger partial charge on any atom is -0.274 e. The summed E-state index contributed by atoms with van der Waals surface area (Å²) in [6.45, 7) is 3.86. The van der Waals surface area contributed by atoms with E-state index < -0.39 is 71.3 Å². The quantitative estimate of drug-likeness (QED) is 0.299. The van der Waals surface area contributed by atoms with E-state index in [4.69, 9.17) is 0 Å². The number of imide groups is 2. The molecule has 4 aliphatic rings. The number of carbonyl (C=O) groups is 4. The highest BCUT2D eigenvalue weighted by Crippen LogP contribution is 2.59. The third kappa shape index (κ3) is 3.96. The second-order valence-corrected chi connectivity index (χ2v) is 12.4. The van der Waals surface area contributed by atoms with Crippen LogP contribution in [0.4, 0.5) is 20.2 Å². The topological polar surface area (TPSA) is 81.2 Å². The van der Waals surface area contributed by atoms with Gasteiger partial charge in [0.2, 0.25) is 11.8 Å². The maximum Gasteiger partial charge on any atom is 0.253 e. The van der Waals surface area contributed by atoms with Gasteiger partial charge >= 0.3 is 0 Å². The molecule has 0 saturated carbocycles. The molecular weight excluding hydrogens is 590 g/mol. The zero-order chi connectivity index (χ0) is 32.0. The molecule has 0 spiro atoms. The summed E-state index contributed by atoms with van der Waals surface area (Å²) in [5.41, 5.74) is 3.58. The van der Waals surface area contributed by atoms with Gasteiger partial charge in [0, 0.05) is 0 Å². The van der Waals surface area contributed by atoms with E-state index in [0.29, 0.717) is 11.1 Å². The Morgan fingerprint density at radius 1 is 0.478 bits per heavy atom. The van der Waals surface area contributed by atoms with E-state index in [1.165, 1.54) is 36.4 Å². The van der Waals surface area contributed by atoms with Crippen LogP contribution in [0.1, 0.15) is 34.3 Å². The molecule has 6 atom stereocenters. The molecule has 4 saturated heterocycles. The van der Waals surface area contributed by atoms with Crippen molar-refractivity contribution in [2.24, 2.45) is 11.8 Å². The van der Waals surface area contributed by atoms with Gasteiger partial charge in [0.25, 0.3) is 11.8 Å². The van der Waals surface area contributed by atoms with Crippen LogP contribution in [-0.2, 0) is 19.2 Å². The largest absolute Gasteiger partial charge is 0.274 e. The SMILES string of the molecule is Cc1ccc([C@@H]2[C@@H]3C(=O)N(c4cccc(F)c4)C(=O)[C@@H]3N3[C@H](c4ccc(C)cc4)[C@H]4C(=O)N(c5cccc(F)c5)C(=O)[C@H]4N23)cc1. The van der Waals surface area contributed by atoms with Crippen molar-refractivity contribution in [1.82, 2.24) is 10.0 Å². The summed E-state index contributed by atoms with van der Waals surface area (Å²) >= 11 is 0. The van der Waals surface area contributed by atoms with E-state index in [2.05, 4.69) is 0 Å². The Hall–Kier alpha value is -5.06. The van der Waals surface area contributed by atoms with E-state index in [9.17, 15) is 28.0 Å². The molecule has 4 aromatic rings. The minimum atomic E-state index is -1.07. The predicted octanol–water partition coefficient (Wildman–Crippen LogP) is 5.03. The van der Waals surface area contributed by atoms with Crippen molar-refractivity contribution >= 4 is 35.0 Å². The van der Waals surface area contributed by atoms with Gasteiger partial charge in [-0.1, -0.05) is 71.8 Å². The van der Waals surface area contributed by atoms with Crippen LogP contribution < -0.4 is 9.80 Å². The van der Waals surface area contributed by atoms with Crippen LogP contribution in [-0.4, -0.2) is 45.7 Å².